The lowest BCUT2D eigenvalue weighted by atomic mass is 10.2. The second kappa shape index (κ2) is 7.23. The largest absolute Gasteiger partial charge is 0.368 e. The van der Waals surface area contributed by atoms with Crippen LogP contribution in [0.15, 0.2) is 61.2 Å². The maximum atomic E-state index is 5.88. The molecule has 1 atom stereocenters. The molecule has 7 heteroatoms. The first-order chi connectivity index (χ1) is 12.4. The molecule has 1 fully saturated rings. The topological polar surface area (TPSA) is 76.1 Å². The number of nitrogens with one attached hydrogen (secondary N) is 1. The Morgan fingerprint density at radius 3 is 2.60 bits per heavy atom. The molecule has 0 unspecified atom stereocenters. The second-order valence-corrected chi connectivity index (χ2v) is 5.67. The van der Waals surface area contributed by atoms with Crippen LogP contribution < -0.4 is 10.2 Å². The van der Waals surface area contributed by atoms with E-state index >= 15 is 0 Å². The van der Waals surface area contributed by atoms with Crippen molar-refractivity contribution >= 4 is 17.5 Å². The first kappa shape index (κ1) is 15.5. The number of pyridine rings is 2. The molecule has 126 valence electrons. The first-order valence-electron chi connectivity index (χ1n) is 8.16. The number of morpholine rings is 1. The van der Waals surface area contributed by atoms with Gasteiger partial charge in [0.1, 0.15) is 11.9 Å². The summed E-state index contributed by atoms with van der Waals surface area (Å²) in [7, 11) is 0. The van der Waals surface area contributed by atoms with Gasteiger partial charge < -0.3 is 15.0 Å². The van der Waals surface area contributed by atoms with E-state index in [1.54, 1.807) is 24.8 Å². The van der Waals surface area contributed by atoms with Crippen LogP contribution >= 0.6 is 0 Å². The third kappa shape index (κ3) is 3.72. The van der Waals surface area contributed by atoms with Crippen LogP contribution in [0.5, 0.6) is 0 Å². The molecule has 7 nitrogen and oxygen atoms in total. The van der Waals surface area contributed by atoms with E-state index in [2.05, 4.69) is 30.2 Å². The van der Waals surface area contributed by atoms with Crippen molar-refractivity contribution in [3.8, 4) is 0 Å². The fourth-order valence-corrected chi connectivity index (χ4v) is 2.72. The Hall–Kier alpha value is -3.06. The van der Waals surface area contributed by atoms with Crippen LogP contribution in [-0.4, -0.2) is 39.6 Å². The number of aromatic nitrogens is 4. The van der Waals surface area contributed by atoms with E-state index in [-0.39, 0.29) is 6.10 Å². The minimum absolute atomic E-state index is 0.0959. The van der Waals surface area contributed by atoms with E-state index in [0.717, 1.165) is 29.7 Å². The Morgan fingerprint density at radius 2 is 1.84 bits per heavy atom. The van der Waals surface area contributed by atoms with E-state index in [1.165, 1.54) is 0 Å². The van der Waals surface area contributed by atoms with Crippen LogP contribution in [0, 0.1) is 0 Å². The third-order valence-electron chi connectivity index (χ3n) is 3.95. The van der Waals surface area contributed by atoms with E-state index in [4.69, 9.17) is 4.74 Å². The van der Waals surface area contributed by atoms with Gasteiger partial charge in [0.2, 0.25) is 5.95 Å². The predicted molar refractivity (Wildman–Crippen MR) is 94.7 cm³/mol. The van der Waals surface area contributed by atoms with Crippen LogP contribution in [0.25, 0.3) is 0 Å². The molecule has 4 rings (SSSR count). The van der Waals surface area contributed by atoms with Gasteiger partial charge in [0, 0.05) is 25.1 Å². The maximum absolute atomic E-state index is 5.88. The van der Waals surface area contributed by atoms with Gasteiger partial charge in [-0.15, -0.1) is 0 Å². The minimum Gasteiger partial charge on any atom is -0.368 e. The molecule has 3 aromatic rings. The highest BCUT2D eigenvalue weighted by Crippen LogP contribution is 2.24. The highest BCUT2D eigenvalue weighted by Gasteiger charge is 2.24. The highest BCUT2D eigenvalue weighted by atomic mass is 16.5. The van der Waals surface area contributed by atoms with E-state index < -0.39 is 0 Å². The molecule has 0 radical (unpaired) electrons. The van der Waals surface area contributed by atoms with Crippen molar-refractivity contribution in [1.82, 2.24) is 19.9 Å². The molecule has 0 amide bonds. The molecule has 1 aliphatic rings. The van der Waals surface area contributed by atoms with Crippen LogP contribution in [0.1, 0.15) is 11.8 Å². The van der Waals surface area contributed by atoms with Crippen molar-refractivity contribution in [2.75, 3.05) is 29.9 Å². The predicted octanol–water partition coefficient (Wildman–Crippen LogP) is 2.59. The van der Waals surface area contributed by atoms with E-state index in [9.17, 15) is 0 Å². The molecular weight excluding hydrogens is 316 g/mol. The standard InChI is InChI=1S/C18H18N6O/c1-2-7-19-17(4-1)23-14-5-6-15(22-12-14)16-13-24(10-11-25-16)18-20-8-3-9-21-18/h1-9,12,16H,10-11,13H2,(H,19,23)/t16-/m1/s1. The minimum atomic E-state index is -0.0959. The van der Waals surface area contributed by atoms with E-state index in [1.807, 2.05) is 36.4 Å². The van der Waals surface area contributed by atoms with Crippen molar-refractivity contribution < 1.29 is 4.74 Å². The summed E-state index contributed by atoms with van der Waals surface area (Å²) in [6, 6.07) is 11.5. The molecular formula is C18H18N6O. The summed E-state index contributed by atoms with van der Waals surface area (Å²) in [4.78, 5) is 19.5. The molecule has 0 bridgehead atoms. The number of anilines is 3. The Balaban J connectivity index is 1.44. The maximum Gasteiger partial charge on any atom is 0.225 e. The highest BCUT2D eigenvalue weighted by molar-refractivity contribution is 5.54. The lowest BCUT2D eigenvalue weighted by molar-refractivity contribution is 0.0365. The van der Waals surface area contributed by atoms with Gasteiger partial charge in [0.25, 0.3) is 0 Å². The number of nitrogens with zero attached hydrogens (tertiary/aromatic N) is 5. The molecule has 0 aromatic carbocycles. The number of hydrogen-bond acceptors (Lipinski definition) is 7. The number of rotatable bonds is 4. The summed E-state index contributed by atoms with van der Waals surface area (Å²) < 4.78 is 5.88. The average molecular weight is 334 g/mol. The van der Waals surface area contributed by atoms with Gasteiger partial charge in [-0.3, -0.25) is 4.98 Å². The van der Waals surface area contributed by atoms with Gasteiger partial charge in [0.05, 0.1) is 30.7 Å². The molecule has 1 N–H and O–H groups in total. The summed E-state index contributed by atoms with van der Waals surface area (Å²) >= 11 is 0. The Bertz CT molecular complexity index is 797. The molecule has 3 aromatic heterocycles. The molecule has 1 aliphatic heterocycles. The van der Waals surface area contributed by atoms with Crippen molar-refractivity contribution in [3.63, 3.8) is 0 Å². The van der Waals surface area contributed by atoms with Crippen molar-refractivity contribution in [2.45, 2.75) is 6.10 Å². The van der Waals surface area contributed by atoms with Gasteiger partial charge in [-0.25, -0.2) is 15.0 Å². The SMILES string of the molecule is c1ccc(Nc2ccc([C@H]3CN(c4ncccn4)CCO3)nc2)nc1. The third-order valence-corrected chi connectivity index (χ3v) is 3.95. The molecule has 0 spiro atoms. The van der Waals surface area contributed by atoms with Gasteiger partial charge in [0.15, 0.2) is 0 Å². The zero-order chi connectivity index (χ0) is 16.9. The Kier molecular flexibility index (Phi) is 4.47. The van der Waals surface area contributed by atoms with Crippen LogP contribution in [0.4, 0.5) is 17.5 Å². The molecule has 1 saturated heterocycles. The second-order valence-electron chi connectivity index (χ2n) is 5.67. The molecule has 25 heavy (non-hydrogen) atoms. The van der Waals surface area contributed by atoms with Gasteiger partial charge in [-0.1, -0.05) is 6.07 Å². The smallest absolute Gasteiger partial charge is 0.225 e. The van der Waals surface area contributed by atoms with Gasteiger partial charge >= 0.3 is 0 Å². The fourth-order valence-electron chi connectivity index (χ4n) is 2.72. The lowest BCUT2D eigenvalue weighted by Gasteiger charge is -2.32. The number of ether oxygens (including phenoxy) is 1. The summed E-state index contributed by atoms with van der Waals surface area (Å²) in [6.07, 6.45) is 6.96. The summed E-state index contributed by atoms with van der Waals surface area (Å²) in [5, 5.41) is 3.22. The van der Waals surface area contributed by atoms with Crippen molar-refractivity contribution in [1.29, 1.82) is 0 Å². The Labute approximate surface area is 145 Å². The fraction of sp³-hybridized carbons (Fsp3) is 0.222. The number of hydrogen-bond donors (Lipinski definition) is 1. The van der Waals surface area contributed by atoms with Crippen LogP contribution in [-0.2, 0) is 4.74 Å². The molecule has 0 saturated carbocycles. The quantitative estimate of drug-likeness (QED) is 0.786. The summed E-state index contributed by atoms with van der Waals surface area (Å²) in [5.74, 6) is 1.52. The van der Waals surface area contributed by atoms with Crippen molar-refractivity contribution in [3.05, 3.63) is 66.9 Å². The van der Waals surface area contributed by atoms with Gasteiger partial charge in [-0.2, -0.15) is 0 Å². The summed E-state index contributed by atoms with van der Waals surface area (Å²) in [5.41, 5.74) is 1.79. The summed E-state index contributed by atoms with van der Waals surface area (Å²) in [6.45, 7) is 2.09. The van der Waals surface area contributed by atoms with Crippen LogP contribution in [0.2, 0.25) is 0 Å². The monoisotopic (exact) mass is 334 g/mol. The average Bonchev–Trinajstić information content (AvgIpc) is 2.70. The van der Waals surface area contributed by atoms with Gasteiger partial charge in [-0.05, 0) is 30.3 Å². The van der Waals surface area contributed by atoms with Crippen LogP contribution in [0.3, 0.4) is 0 Å². The lowest BCUT2D eigenvalue weighted by Crippen LogP contribution is -2.39. The van der Waals surface area contributed by atoms with Crippen molar-refractivity contribution in [2.24, 2.45) is 0 Å². The zero-order valence-corrected chi connectivity index (χ0v) is 13.6. The molecule has 0 aliphatic carbocycles. The zero-order valence-electron chi connectivity index (χ0n) is 13.6. The normalized spacial score (nSPS) is 17.3. The van der Waals surface area contributed by atoms with E-state index in [0.29, 0.717) is 13.2 Å². The molecule has 4 heterocycles. The Morgan fingerprint density at radius 1 is 0.960 bits per heavy atom. The first-order valence-corrected chi connectivity index (χ1v) is 8.16.